The minimum absolute atomic E-state index is 0.238. The highest BCUT2D eigenvalue weighted by atomic mass is 32.2. The minimum Gasteiger partial charge on any atom is -0.497 e. The van der Waals surface area contributed by atoms with E-state index in [2.05, 4.69) is 18.6 Å². The summed E-state index contributed by atoms with van der Waals surface area (Å²) in [4.78, 5) is 0.238. The van der Waals surface area contributed by atoms with Gasteiger partial charge in [0.1, 0.15) is 11.5 Å². The lowest BCUT2D eigenvalue weighted by atomic mass is 9.94. The zero-order chi connectivity index (χ0) is 22.1. The molecule has 30 heavy (non-hydrogen) atoms. The van der Waals surface area contributed by atoms with Gasteiger partial charge in [0, 0.05) is 6.04 Å². The molecule has 0 amide bonds. The van der Waals surface area contributed by atoms with Crippen LogP contribution in [0.4, 0.5) is 0 Å². The predicted octanol–water partition coefficient (Wildman–Crippen LogP) is 5.33. The highest BCUT2D eigenvalue weighted by Crippen LogP contribution is 2.33. The van der Waals surface area contributed by atoms with Crippen molar-refractivity contribution in [2.24, 2.45) is 0 Å². The van der Waals surface area contributed by atoms with Crippen LogP contribution in [0.5, 0.6) is 11.5 Å². The van der Waals surface area contributed by atoms with Crippen LogP contribution in [-0.4, -0.2) is 22.6 Å². The summed E-state index contributed by atoms with van der Waals surface area (Å²) in [7, 11) is -0.430. The molecule has 0 aliphatic heterocycles. The molecule has 5 nitrogen and oxygen atoms in total. The van der Waals surface area contributed by atoms with Crippen LogP contribution in [0.1, 0.15) is 49.4 Å². The topological polar surface area (TPSA) is 64.6 Å². The van der Waals surface area contributed by atoms with Crippen LogP contribution in [0.15, 0.2) is 53.4 Å². The van der Waals surface area contributed by atoms with Gasteiger partial charge in [0.15, 0.2) is 0 Å². The third kappa shape index (κ3) is 4.45. The molecule has 0 aliphatic carbocycles. The zero-order valence-corrected chi connectivity index (χ0v) is 19.1. The van der Waals surface area contributed by atoms with E-state index in [1.54, 1.807) is 32.4 Å². The highest BCUT2D eigenvalue weighted by Gasteiger charge is 2.21. The number of ether oxygens (including phenoxy) is 2. The second kappa shape index (κ2) is 8.66. The molecule has 3 aromatic rings. The molecule has 0 bridgehead atoms. The van der Waals surface area contributed by atoms with Crippen molar-refractivity contribution in [2.45, 2.75) is 44.6 Å². The lowest BCUT2D eigenvalue weighted by molar-refractivity contribution is 0.406. The first-order valence-electron chi connectivity index (χ1n) is 9.95. The number of rotatable bonds is 7. The van der Waals surface area contributed by atoms with Crippen LogP contribution in [0, 0.1) is 6.92 Å². The fourth-order valence-electron chi connectivity index (χ4n) is 3.67. The van der Waals surface area contributed by atoms with Gasteiger partial charge >= 0.3 is 0 Å². The van der Waals surface area contributed by atoms with Crippen molar-refractivity contribution in [3.05, 3.63) is 65.2 Å². The van der Waals surface area contributed by atoms with Gasteiger partial charge in [0.2, 0.25) is 10.0 Å². The van der Waals surface area contributed by atoms with Crippen molar-refractivity contribution < 1.29 is 17.9 Å². The molecule has 160 valence electrons. The third-order valence-electron chi connectivity index (χ3n) is 5.37. The van der Waals surface area contributed by atoms with Crippen molar-refractivity contribution >= 4 is 20.8 Å². The van der Waals surface area contributed by atoms with Crippen LogP contribution in [0.25, 0.3) is 10.8 Å². The Morgan fingerprint density at radius 3 is 2.13 bits per heavy atom. The van der Waals surface area contributed by atoms with E-state index in [1.165, 1.54) is 0 Å². The second-order valence-corrected chi connectivity index (χ2v) is 9.54. The Hall–Kier alpha value is -2.57. The standard InChI is InChI=1S/C24H29NO4S/c1-15(2)22-14-23(16(3)11-24(22)29-6)17(4)25-30(26,27)21-10-8-18-12-20(28-5)9-7-19(18)13-21/h7-15,17,25H,1-6H3/t17-/m0/s1. The molecule has 6 heteroatoms. The van der Waals surface area contributed by atoms with Crippen LogP contribution < -0.4 is 14.2 Å². The summed E-state index contributed by atoms with van der Waals surface area (Å²) >= 11 is 0. The largest absolute Gasteiger partial charge is 0.497 e. The fourth-order valence-corrected chi connectivity index (χ4v) is 4.93. The Kier molecular flexibility index (Phi) is 6.38. The molecular formula is C24H29NO4S. The number of fused-ring (bicyclic) bond motifs is 1. The SMILES string of the molecule is COc1ccc2cc(S(=O)(=O)N[C@@H](C)c3cc(C(C)C)c(OC)cc3C)ccc2c1. The average molecular weight is 428 g/mol. The molecular weight excluding hydrogens is 398 g/mol. The number of benzene rings is 3. The number of aryl methyl sites for hydroxylation is 1. The van der Waals surface area contributed by atoms with Crippen LogP contribution >= 0.6 is 0 Å². The molecule has 0 unspecified atom stereocenters. The third-order valence-corrected chi connectivity index (χ3v) is 6.91. The first-order valence-corrected chi connectivity index (χ1v) is 11.4. The summed E-state index contributed by atoms with van der Waals surface area (Å²) < 4.78 is 39.7. The van der Waals surface area contributed by atoms with E-state index in [9.17, 15) is 8.42 Å². The Morgan fingerprint density at radius 2 is 1.50 bits per heavy atom. The molecule has 0 aliphatic rings. The van der Waals surface area contributed by atoms with Gasteiger partial charge < -0.3 is 9.47 Å². The Labute approximate surface area is 179 Å². The lowest BCUT2D eigenvalue weighted by Gasteiger charge is -2.21. The van der Waals surface area contributed by atoms with Crippen molar-refractivity contribution in [1.82, 2.24) is 4.72 Å². The maximum Gasteiger partial charge on any atom is 0.241 e. The molecule has 3 rings (SSSR count). The van der Waals surface area contributed by atoms with Crippen molar-refractivity contribution in [3.63, 3.8) is 0 Å². The Bertz CT molecular complexity index is 1170. The summed E-state index contributed by atoms with van der Waals surface area (Å²) in [6, 6.07) is 14.3. The number of sulfonamides is 1. The zero-order valence-electron chi connectivity index (χ0n) is 18.3. The van der Waals surface area contributed by atoms with E-state index in [4.69, 9.17) is 9.47 Å². The van der Waals surface area contributed by atoms with Crippen LogP contribution in [-0.2, 0) is 10.0 Å². The van der Waals surface area contributed by atoms with Gasteiger partial charge in [0.05, 0.1) is 19.1 Å². The summed E-state index contributed by atoms with van der Waals surface area (Å²) in [5.41, 5.74) is 2.98. The minimum atomic E-state index is -3.69. The lowest BCUT2D eigenvalue weighted by Crippen LogP contribution is -2.27. The van der Waals surface area contributed by atoms with E-state index in [1.807, 2.05) is 44.2 Å². The van der Waals surface area contributed by atoms with E-state index in [-0.39, 0.29) is 16.9 Å². The van der Waals surface area contributed by atoms with E-state index >= 15 is 0 Å². The molecule has 0 aromatic heterocycles. The van der Waals surface area contributed by atoms with Crippen LogP contribution in [0.2, 0.25) is 0 Å². The molecule has 1 N–H and O–H groups in total. The Morgan fingerprint density at radius 1 is 0.833 bits per heavy atom. The number of hydrogen-bond acceptors (Lipinski definition) is 4. The molecule has 0 heterocycles. The van der Waals surface area contributed by atoms with Crippen molar-refractivity contribution in [3.8, 4) is 11.5 Å². The van der Waals surface area contributed by atoms with Crippen LogP contribution in [0.3, 0.4) is 0 Å². The average Bonchev–Trinajstić information content (AvgIpc) is 2.71. The van der Waals surface area contributed by atoms with Crippen molar-refractivity contribution in [2.75, 3.05) is 14.2 Å². The first kappa shape index (κ1) is 22.1. The fraction of sp³-hybridized carbons (Fsp3) is 0.333. The molecule has 3 aromatic carbocycles. The summed E-state index contributed by atoms with van der Waals surface area (Å²) in [6.07, 6.45) is 0. The maximum atomic E-state index is 13.1. The first-order chi connectivity index (χ1) is 14.2. The quantitative estimate of drug-likeness (QED) is 0.554. The molecule has 0 radical (unpaired) electrons. The van der Waals surface area contributed by atoms with Gasteiger partial charge in [-0.15, -0.1) is 0 Å². The summed E-state index contributed by atoms with van der Waals surface area (Å²) in [5, 5.41) is 1.77. The highest BCUT2D eigenvalue weighted by molar-refractivity contribution is 7.89. The smallest absolute Gasteiger partial charge is 0.241 e. The van der Waals surface area contributed by atoms with E-state index in [0.29, 0.717) is 0 Å². The number of methoxy groups -OCH3 is 2. The number of nitrogens with one attached hydrogen (secondary N) is 1. The summed E-state index contributed by atoms with van der Waals surface area (Å²) in [5.74, 6) is 1.83. The van der Waals surface area contributed by atoms with Gasteiger partial charge in [-0.25, -0.2) is 13.1 Å². The molecule has 1 atom stereocenters. The monoisotopic (exact) mass is 427 g/mol. The molecule has 0 saturated heterocycles. The Balaban J connectivity index is 1.93. The number of hydrogen-bond donors (Lipinski definition) is 1. The normalized spacial score (nSPS) is 12.9. The maximum absolute atomic E-state index is 13.1. The second-order valence-electron chi connectivity index (χ2n) is 7.82. The van der Waals surface area contributed by atoms with Crippen molar-refractivity contribution in [1.29, 1.82) is 0 Å². The van der Waals surface area contributed by atoms with Gasteiger partial charge in [-0.05, 0) is 83.6 Å². The van der Waals surface area contributed by atoms with Gasteiger partial charge in [-0.3, -0.25) is 0 Å². The van der Waals surface area contributed by atoms with E-state index in [0.717, 1.165) is 39.0 Å². The van der Waals surface area contributed by atoms with Gasteiger partial charge in [0.25, 0.3) is 0 Å². The van der Waals surface area contributed by atoms with Gasteiger partial charge in [-0.1, -0.05) is 26.0 Å². The molecule has 0 saturated carbocycles. The predicted molar refractivity (Wildman–Crippen MR) is 121 cm³/mol. The molecule has 0 spiro atoms. The summed E-state index contributed by atoms with van der Waals surface area (Å²) in [6.45, 7) is 8.02. The van der Waals surface area contributed by atoms with Gasteiger partial charge in [-0.2, -0.15) is 0 Å². The molecule has 0 fully saturated rings. The van der Waals surface area contributed by atoms with E-state index < -0.39 is 10.0 Å².